The number of carbonyl (C=O) groups excluding carboxylic acids is 2. The van der Waals surface area contributed by atoms with Crippen molar-refractivity contribution in [3.8, 4) is 11.5 Å². The standard InChI is InChI=1S/C23H18ClIN4O6/c1-34-20-11-14(12-26-28-23(31)15-2-8-18(9-3-15)29(32)33)10-19(25)22(20)35-13-21(30)27-17-6-4-16(24)5-7-17/h2-12H,13H2,1H3,(H,27,30)(H,28,31)/b26-12+. The number of methoxy groups -OCH3 is 1. The second-order valence-corrected chi connectivity index (χ2v) is 8.48. The molecule has 0 aromatic heterocycles. The van der Waals surface area contributed by atoms with Gasteiger partial charge < -0.3 is 14.8 Å². The predicted molar refractivity (Wildman–Crippen MR) is 139 cm³/mol. The first-order valence-corrected chi connectivity index (χ1v) is 11.4. The zero-order valence-corrected chi connectivity index (χ0v) is 21.1. The van der Waals surface area contributed by atoms with Crippen LogP contribution < -0.4 is 20.2 Å². The maximum absolute atomic E-state index is 12.2. The molecule has 180 valence electrons. The van der Waals surface area contributed by atoms with Crippen LogP contribution in [0.2, 0.25) is 5.02 Å². The van der Waals surface area contributed by atoms with Crippen LogP contribution in [-0.2, 0) is 4.79 Å². The number of carbonyl (C=O) groups is 2. The van der Waals surface area contributed by atoms with Gasteiger partial charge in [-0.3, -0.25) is 19.7 Å². The van der Waals surface area contributed by atoms with E-state index < -0.39 is 10.8 Å². The first-order valence-electron chi connectivity index (χ1n) is 9.90. The van der Waals surface area contributed by atoms with Gasteiger partial charge in [0.25, 0.3) is 17.5 Å². The van der Waals surface area contributed by atoms with Gasteiger partial charge in [-0.15, -0.1) is 0 Å². The number of benzene rings is 3. The molecule has 3 aromatic rings. The van der Waals surface area contributed by atoms with Crippen LogP contribution in [0.4, 0.5) is 11.4 Å². The third-order valence-electron chi connectivity index (χ3n) is 4.45. The van der Waals surface area contributed by atoms with E-state index >= 15 is 0 Å². The van der Waals surface area contributed by atoms with Crippen molar-refractivity contribution in [2.45, 2.75) is 0 Å². The highest BCUT2D eigenvalue weighted by Crippen LogP contribution is 2.33. The van der Waals surface area contributed by atoms with Gasteiger partial charge in [-0.25, -0.2) is 5.43 Å². The Balaban J connectivity index is 1.61. The molecular formula is C23H18ClIN4O6. The van der Waals surface area contributed by atoms with Crippen molar-refractivity contribution in [1.29, 1.82) is 0 Å². The molecule has 0 aliphatic rings. The van der Waals surface area contributed by atoms with Crippen LogP contribution in [0.25, 0.3) is 0 Å². The third-order valence-corrected chi connectivity index (χ3v) is 5.50. The lowest BCUT2D eigenvalue weighted by Gasteiger charge is -2.13. The summed E-state index contributed by atoms with van der Waals surface area (Å²) in [6.45, 7) is -0.242. The van der Waals surface area contributed by atoms with Crippen LogP contribution in [0.5, 0.6) is 11.5 Å². The quantitative estimate of drug-likeness (QED) is 0.157. The number of non-ortho nitro benzene ring substituents is 1. The highest BCUT2D eigenvalue weighted by molar-refractivity contribution is 14.1. The van der Waals surface area contributed by atoms with Crippen LogP contribution in [0.3, 0.4) is 0 Å². The summed E-state index contributed by atoms with van der Waals surface area (Å²) in [4.78, 5) is 34.6. The molecule has 2 amide bonds. The molecule has 10 nitrogen and oxygen atoms in total. The second-order valence-electron chi connectivity index (χ2n) is 6.88. The zero-order valence-electron chi connectivity index (χ0n) is 18.2. The molecule has 2 N–H and O–H groups in total. The number of ether oxygens (including phenoxy) is 2. The number of nitro groups is 1. The summed E-state index contributed by atoms with van der Waals surface area (Å²) in [7, 11) is 1.46. The SMILES string of the molecule is COc1cc(/C=N/NC(=O)c2ccc([N+](=O)[O-])cc2)cc(I)c1OCC(=O)Nc1ccc(Cl)cc1. The summed E-state index contributed by atoms with van der Waals surface area (Å²) in [5.74, 6) is -0.125. The summed E-state index contributed by atoms with van der Waals surface area (Å²) < 4.78 is 11.7. The number of amides is 2. The van der Waals surface area contributed by atoms with Gasteiger partial charge in [-0.05, 0) is 76.7 Å². The summed E-state index contributed by atoms with van der Waals surface area (Å²) in [6.07, 6.45) is 1.41. The number of halogens is 2. The molecule has 0 saturated heterocycles. The maximum atomic E-state index is 12.2. The minimum absolute atomic E-state index is 0.114. The molecule has 12 heteroatoms. The van der Waals surface area contributed by atoms with E-state index in [1.165, 1.54) is 37.6 Å². The lowest BCUT2D eigenvalue weighted by molar-refractivity contribution is -0.384. The fourth-order valence-electron chi connectivity index (χ4n) is 2.79. The average Bonchev–Trinajstić information content (AvgIpc) is 2.84. The smallest absolute Gasteiger partial charge is 0.271 e. The van der Waals surface area contributed by atoms with Gasteiger partial charge in [-0.2, -0.15) is 5.10 Å². The first kappa shape index (κ1) is 25.9. The van der Waals surface area contributed by atoms with Crippen LogP contribution >= 0.6 is 34.2 Å². The van der Waals surface area contributed by atoms with Crippen molar-refractivity contribution in [1.82, 2.24) is 5.43 Å². The average molecular weight is 609 g/mol. The Bertz CT molecular complexity index is 1270. The first-order chi connectivity index (χ1) is 16.8. The van der Waals surface area contributed by atoms with Gasteiger partial charge in [-0.1, -0.05) is 11.6 Å². The molecule has 0 aliphatic carbocycles. The molecule has 0 atom stereocenters. The third kappa shape index (κ3) is 7.39. The fraction of sp³-hybridized carbons (Fsp3) is 0.0870. The molecule has 35 heavy (non-hydrogen) atoms. The number of hydrogen-bond donors (Lipinski definition) is 2. The van der Waals surface area contributed by atoms with Crippen molar-refractivity contribution in [3.63, 3.8) is 0 Å². The highest BCUT2D eigenvalue weighted by Gasteiger charge is 2.14. The normalized spacial score (nSPS) is 10.6. The van der Waals surface area contributed by atoms with Gasteiger partial charge in [0.15, 0.2) is 18.1 Å². The van der Waals surface area contributed by atoms with Gasteiger partial charge in [0, 0.05) is 28.4 Å². The number of nitro benzene ring substituents is 1. The van der Waals surface area contributed by atoms with E-state index in [4.69, 9.17) is 21.1 Å². The monoisotopic (exact) mass is 608 g/mol. The molecule has 0 spiro atoms. The van der Waals surface area contributed by atoms with E-state index in [1.54, 1.807) is 36.4 Å². The number of nitrogens with one attached hydrogen (secondary N) is 2. The van der Waals surface area contributed by atoms with Crippen LogP contribution in [0, 0.1) is 13.7 Å². The summed E-state index contributed by atoms with van der Waals surface area (Å²) in [5, 5.41) is 17.9. The number of nitrogens with zero attached hydrogens (tertiary/aromatic N) is 2. The van der Waals surface area contributed by atoms with Crippen molar-refractivity contribution >= 4 is 63.6 Å². The van der Waals surface area contributed by atoms with E-state index in [2.05, 4.69) is 15.8 Å². The zero-order chi connectivity index (χ0) is 25.4. The highest BCUT2D eigenvalue weighted by atomic mass is 127. The molecule has 0 fully saturated rings. The van der Waals surface area contributed by atoms with E-state index in [0.717, 1.165) is 0 Å². The van der Waals surface area contributed by atoms with Crippen LogP contribution in [0.15, 0.2) is 65.8 Å². The molecule has 0 unspecified atom stereocenters. The summed E-state index contributed by atoms with van der Waals surface area (Å²) >= 11 is 7.88. The number of hydrazone groups is 1. The number of hydrogen-bond acceptors (Lipinski definition) is 7. The second kappa shape index (κ2) is 12.1. The maximum Gasteiger partial charge on any atom is 0.271 e. The van der Waals surface area contributed by atoms with Crippen LogP contribution in [0.1, 0.15) is 15.9 Å². The van der Waals surface area contributed by atoms with E-state index in [0.29, 0.717) is 31.3 Å². The van der Waals surface area contributed by atoms with Crippen molar-refractivity contribution < 1.29 is 24.0 Å². The summed E-state index contributed by atoms with van der Waals surface area (Å²) in [5.41, 5.74) is 3.66. The Hall–Kier alpha value is -3.71. The Labute approximate surface area is 218 Å². The number of rotatable bonds is 9. The molecule has 0 bridgehead atoms. The Kier molecular flexibility index (Phi) is 8.98. The molecule has 0 aliphatic heterocycles. The van der Waals surface area contributed by atoms with E-state index in [1.807, 2.05) is 22.6 Å². The molecule has 3 rings (SSSR count). The molecule has 0 heterocycles. The predicted octanol–water partition coefficient (Wildman–Crippen LogP) is 4.64. The van der Waals surface area contributed by atoms with Gasteiger partial charge >= 0.3 is 0 Å². The molecule has 0 saturated carbocycles. The Morgan fingerprint density at radius 3 is 2.46 bits per heavy atom. The van der Waals surface area contributed by atoms with Crippen molar-refractivity contribution in [3.05, 3.63) is 90.5 Å². The Morgan fingerprint density at radius 1 is 1.14 bits per heavy atom. The minimum Gasteiger partial charge on any atom is -0.493 e. The molecule has 0 radical (unpaired) electrons. The Morgan fingerprint density at radius 2 is 1.83 bits per heavy atom. The minimum atomic E-state index is -0.547. The van der Waals surface area contributed by atoms with Crippen molar-refractivity contribution in [2.75, 3.05) is 19.0 Å². The van der Waals surface area contributed by atoms with Crippen molar-refractivity contribution in [2.24, 2.45) is 5.10 Å². The lowest BCUT2D eigenvalue weighted by atomic mass is 10.2. The van der Waals surface area contributed by atoms with E-state index in [9.17, 15) is 19.7 Å². The van der Waals surface area contributed by atoms with E-state index in [-0.39, 0.29) is 23.8 Å². The van der Waals surface area contributed by atoms with Crippen LogP contribution in [-0.4, -0.2) is 36.7 Å². The topological polar surface area (TPSA) is 132 Å². The van der Waals surface area contributed by atoms with Gasteiger partial charge in [0.05, 0.1) is 21.8 Å². The number of anilines is 1. The van der Waals surface area contributed by atoms with Gasteiger partial charge in [0.2, 0.25) is 0 Å². The lowest BCUT2D eigenvalue weighted by Crippen LogP contribution is -2.20. The summed E-state index contributed by atoms with van der Waals surface area (Å²) in [6, 6.07) is 15.2. The molecule has 3 aromatic carbocycles. The molecular weight excluding hydrogens is 591 g/mol. The fourth-order valence-corrected chi connectivity index (χ4v) is 3.69. The van der Waals surface area contributed by atoms with Gasteiger partial charge in [0.1, 0.15) is 0 Å². The largest absolute Gasteiger partial charge is 0.493 e.